The Bertz CT molecular complexity index is 553. The van der Waals surface area contributed by atoms with Gasteiger partial charge in [0.15, 0.2) is 11.6 Å². The molecule has 2 fully saturated rings. The summed E-state index contributed by atoms with van der Waals surface area (Å²) in [6, 6.07) is 7.89. The van der Waals surface area contributed by atoms with E-state index in [4.69, 9.17) is 5.73 Å². The second-order valence-corrected chi connectivity index (χ2v) is 5.95. The lowest BCUT2D eigenvalue weighted by atomic mass is 9.87. The molecule has 1 aromatic rings. The molecular formula is C16H19F2N2+. The molecule has 0 amide bonds. The van der Waals surface area contributed by atoms with Gasteiger partial charge in [0.1, 0.15) is 0 Å². The number of rotatable bonds is 1. The zero-order chi connectivity index (χ0) is 14.1. The van der Waals surface area contributed by atoms with E-state index in [1.54, 1.807) is 6.07 Å². The summed E-state index contributed by atoms with van der Waals surface area (Å²) in [6.07, 6.45) is 5.12. The molecule has 2 nitrogen and oxygen atoms in total. The highest BCUT2D eigenvalue weighted by Crippen LogP contribution is 2.44. The van der Waals surface area contributed by atoms with E-state index in [1.165, 1.54) is 12.1 Å². The Labute approximate surface area is 117 Å². The van der Waals surface area contributed by atoms with E-state index in [-0.39, 0.29) is 12.0 Å². The van der Waals surface area contributed by atoms with Crippen molar-refractivity contribution >= 4 is 0 Å². The van der Waals surface area contributed by atoms with E-state index in [0.29, 0.717) is 12.0 Å². The lowest BCUT2D eigenvalue weighted by molar-refractivity contribution is 0.383. The zero-order valence-electron chi connectivity index (χ0n) is 11.4. The molecule has 0 heterocycles. The van der Waals surface area contributed by atoms with Crippen molar-refractivity contribution in [2.75, 3.05) is 0 Å². The van der Waals surface area contributed by atoms with Gasteiger partial charge in [0.2, 0.25) is 0 Å². The molecule has 1 aromatic carbocycles. The van der Waals surface area contributed by atoms with Crippen LogP contribution in [0.5, 0.6) is 0 Å². The van der Waals surface area contributed by atoms with Crippen LogP contribution in [0.25, 0.3) is 4.85 Å². The topological polar surface area (TPSA) is 30.4 Å². The number of nitrogens with zero attached hydrogens (tertiary/aromatic N) is 1. The highest BCUT2D eigenvalue weighted by Gasteiger charge is 2.48. The van der Waals surface area contributed by atoms with Crippen LogP contribution in [0, 0.1) is 23.6 Å². The summed E-state index contributed by atoms with van der Waals surface area (Å²) in [7, 11) is 0. The van der Waals surface area contributed by atoms with Crippen molar-refractivity contribution in [2.24, 2.45) is 11.7 Å². The molecule has 2 aliphatic rings. The maximum atomic E-state index is 13.2. The number of benzene rings is 1. The average molecular weight is 277 g/mol. The second-order valence-electron chi connectivity index (χ2n) is 5.95. The SMILES string of the molecule is NC1CCC(C#[N+][C@H]2C[C@@H]2c2ccc(F)c(F)c2)CC1. The van der Waals surface area contributed by atoms with Crippen molar-refractivity contribution in [3.8, 4) is 6.07 Å². The smallest absolute Gasteiger partial charge is 0.280 e. The van der Waals surface area contributed by atoms with E-state index >= 15 is 0 Å². The first-order valence-corrected chi connectivity index (χ1v) is 7.29. The van der Waals surface area contributed by atoms with Gasteiger partial charge in [-0.1, -0.05) is 10.9 Å². The fraction of sp³-hybridized carbons (Fsp3) is 0.562. The quantitative estimate of drug-likeness (QED) is 0.834. The van der Waals surface area contributed by atoms with Gasteiger partial charge < -0.3 is 5.73 Å². The fourth-order valence-corrected chi connectivity index (χ4v) is 2.87. The van der Waals surface area contributed by atoms with Crippen molar-refractivity contribution < 1.29 is 8.78 Å². The molecule has 4 heteroatoms. The van der Waals surface area contributed by atoms with Crippen molar-refractivity contribution in [1.29, 1.82) is 0 Å². The summed E-state index contributed by atoms with van der Waals surface area (Å²) in [5.41, 5.74) is 6.70. The van der Waals surface area contributed by atoms with Crippen LogP contribution in [0.3, 0.4) is 0 Å². The Kier molecular flexibility index (Phi) is 3.71. The monoisotopic (exact) mass is 277 g/mol. The minimum absolute atomic E-state index is 0.190. The maximum absolute atomic E-state index is 13.2. The number of halogens is 2. The van der Waals surface area contributed by atoms with Crippen LogP contribution in [-0.4, -0.2) is 12.1 Å². The Morgan fingerprint density at radius 1 is 1.10 bits per heavy atom. The van der Waals surface area contributed by atoms with Crippen molar-refractivity contribution in [3.05, 3.63) is 40.2 Å². The number of hydrogen-bond donors (Lipinski definition) is 1. The molecule has 2 atom stereocenters. The highest BCUT2D eigenvalue weighted by atomic mass is 19.2. The van der Waals surface area contributed by atoms with Crippen LogP contribution in [0.2, 0.25) is 0 Å². The van der Waals surface area contributed by atoms with Crippen LogP contribution in [0.1, 0.15) is 43.6 Å². The summed E-state index contributed by atoms with van der Waals surface area (Å²) in [4.78, 5) is 4.49. The molecule has 0 saturated heterocycles. The van der Waals surface area contributed by atoms with E-state index in [2.05, 4.69) is 10.9 Å². The Balaban J connectivity index is 1.58. The molecule has 0 unspecified atom stereocenters. The van der Waals surface area contributed by atoms with Crippen LogP contribution >= 0.6 is 0 Å². The van der Waals surface area contributed by atoms with Crippen LogP contribution in [0.15, 0.2) is 18.2 Å². The van der Waals surface area contributed by atoms with Crippen molar-refractivity contribution in [3.63, 3.8) is 0 Å². The third kappa shape index (κ3) is 2.99. The molecular weight excluding hydrogens is 258 g/mol. The second kappa shape index (κ2) is 5.49. The van der Waals surface area contributed by atoms with Gasteiger partial charge in [-0.25, -0.2) is 8.78 Å². The molecule has 0 aliphatic heterocycles. The number of nitrogens with two attached hydrogens (primary N) is 1. The average Bonchev–Trinajstić information content (AvgIpc) is 3.21. The minimum atomic E-state index is -0.792. The van der Waals surface area contributed by atoms with E-state index in [1.807, 2.05) is 0 Å². The molecule has 2 aliphatic carbocycles. The van der Waals surface area contributed by atoms with Gasteiger partial charge in [-0.05, 0) is 43.4 Å². The van der Waals surface area contributed by atoms with E-state index in [9.17, 15) is 8.78 Å². The molecule has 0 aromatic heterocycles. The van der Waals surface area contributed by atoms with Crippen LogP contribution in [-0.2, 0) is 0 Å². The van der Waals surface area contributed by atoms with Gasteiger partial charge >= 0.3 is 0 Å². The summed E-state index contributed by atoms with van der Waals surface area (Å²) >= 11 is 0. The first-order valence-electron chi connectivity index (χ1n) is 7.29. The van der Waals surface area contributed by atoms with E-state index < -0.39 is 11.6 Å². The molecule has 2 N–H and O–H groups in total. The lowest BCUT2D eigenvalue weighted by Crippen LogP contribution is -2.25. The van der Waals surface area contributed by atoms with Gasteiger partial charge in [-0.3, -0.25) is 0 Å². The Morgan fingerprint density at radius 2 is 1.85 bits per heavy atom. The van der Waals surface area contributed by atoms with Crippen LogP contribution in [0.4, 0.5) is 8.78 Å². The first kappa shape index (κ1) is 13.5. The lowest BCUT2D eigenvalue weighted by Gasteiger charge is -2.19. The van der Waals surface area contributed by atoms with Gasteiger partial charge in [-0.15, -0.1) is 0 Å². The summed E-state index contributed by atoms with van der Waals surface area (Å²) < 4.78 is 26.1. The zero-order valence-corrected chi connectivity index (χ0v) is 11.4. The molecule has 106 valence electrons. The predicted octanol–water partition coefficient (Wildman–Crippen LogP) is 3.67. The standard InChI is InChI=1S/C16H19F2N2/c17-14-6-3-11(7-15(14)18)13-8-16(13)20-9-10-1-4-12(19)5-2-10/h3,6-7,10,12-13,16H,1-2,4-5,8,19H2/q+1/t10?,12?,13-,16+/m1/s1. The van der Waals surface area contributed by atoms with Crippen LogP contribution < -0.4 is 5.73 Å². The Hall–Kier alpha value is -1.47. The molecule has 0 bridgehead atoms. The molecule has 3 rings (SSSR count). The van der Waals surface area contributed by atoms with E-state index in [0.717, 1.165) is 37.7 Å². The first-order chi connectivity index (χ1) is 9.63. The third-order valence-electron chi connectivity index (χ3n) is 4.32. The normalized spacial score (nSPS) is 32.4. The molecule has 0 radical (unpaired) electrons. The van der Waals surface area contributed by atoms with Gasteiger partial charge in [0.05, 0.1) is 11.8 Å². The largest absolute Gasteiger partial charge is 0.328 e. The molecule has 0 spiro atoms. The van der Waals surface area contributed by atoms with Crippen molar-refractivity contribution in [1.82, 2.24) is 0 Å². The van der Waals surface area contributed by atoms with Gasteiger partial charge in [0, 0.05) is 12.5 Å². The Morgan fingerprint density at radius 3 is 2.55 bits per heavy atom. The number of hydrogen-bond acceptors (Lipinski definition) is 1. The summed E-state index contributed by atoms with van der Waals surface area (Å²) in [5, 5.41) is 0. The molecule has 2 saturated carbocycles. The minimum Gasteiger partial charge on any atom is -0.328 e. The van der Waals surface area contributed by atoms with Crippen molar-refractivity contribution in [2.45, 2.75) is 50.1 Å². The summed E-state index contributed by atoms with van der Waals surface area (Å²) in [5.74, 6) is -0.925. The van der Waals surface area contributed by atoms with Gasteiger partial charge in [-0.2, -0.15) is 0 Å². The van der Waals surface area contributed by atoms with Gasteiger partial charge in [0.25, 0.3) is 12.1 Å². The molecule has 20 heavy (non-hydrogen) atoms. The highest BCUT2D eigenvalue weighted by molar-refractivity contribution is 5.31. The third-order valence-corrected chi connectivity index (χ3v) is 4.32. The predicted molar refractivity (Wildman–Crippen MR) is 74.7 cm³/mol. The fourth-order valence-electron chi connectivity index (χ4n) is 2.87. The maximum Gasteiger partial charge on any atom is 0.280 e. The summed E-state index contributed by atoms with van der Waals surface area (Å²) in [6.45, 7) is 0.